The van der Waals surface area contributed by atoms with Crippen LogP contribution < -0.4 is 11.1 Å². The van der Waals surface area contributed by atoms with Crippen LogP contribution in [0.5, 0.6) is 0 Å². The molecule has 0 spiro atoms. The smallest absolute Gasteiger partial charge is 0.106 e. The molecule has 3 N–H and O–H groups in total. The highest BCUT2D eigenvalue weighted by molar-refractivity contribution is 9.10. The quantitative estimate of drug-likeness (QED) is 0.828. The number of benzene rings is 1. The summed E-state index contributed by atoms with van der Waals surface area (Å²) in [5.41, 5.74) is 7.51. The van der Waals surface area contributed by atoms with Crippen molar-refractivity contribution in [3.05, 3.63) is 28.2 Å². The normalized spacial score (nSPS) is 9.86. The van der Waals surface area contributed by atoms with Gasteiger partial charge in [-0.15, -0.1) is 0 Å². The first-order valence-electron chi connectivity index (χ1n) is 4.48. The molecule has 0 saturated carbocycles. The summed E-state index contributed by atoms with van der Waals surface area (Å²) in [5, 5.41) is 3.29. The number of nitrogens with one attached hydrogen (secondary N) is 1. The van der Waals surface area contributed by atoms with E-state index < -0.39 is 0 Å². The van der Waals surface area contributed by atoms with Crippen molar-refractivity contribution in [3.63, 3.8) is 0 Å². The number of rotatable bonds is 4. The highest BCUT2D eigenvalue weighted by Crippen LogP contribution is 2.21. The van der Waals surface area contributed by atoms with Gasteiger partial charge in [-0.2, -0.15) is 0 Å². The SMILES string of the molecule is CCCNc1cc(Br)ccc1C(N)=S. The molecule has 1 aromatic carbocycles. The zero-order valence-electron chi connectivity index (χ0n) is 8.01. The van der Waals surface area contributed by atoms with E-state index in [0.717, 1.165) is 28.7 Å². The van der Waals surface area contributed by atoms with Crippen molar-refractivity contribution in [1.82, 2.24) is 0 Å². The zero-order valence-corrected chi connectivity index (χ0v) is 10.4. The maximum atomic E-state index is 5.61. The Morgan fingerprint density at radius 2 is 2.29 bits per heavy atom. The molecule has 0 atom stereocenters. The summed E-state index contributed by atoms with van der Waals surface area (Å²) < 4.78 is 1.02. The maximum absolute atomic E-state index is 5.61. The van der Waals surface area contributed by atoms with Crippen LogP contribution >= 0.6 is 28.1 Å². The van der Waals surface area contributed by atoms with E-state index in [-0.39, 0.29) is 0 Å². The molecule has 2 nitrogen and oxygen atoms in total. The van der Waals surface area contributed by atoms with Crippen molar-refractivity contribution in [2.24, 2.45) is 5.73 Å². The Morgan fingerprint density at radius 1 is 1.57 bits per heavy atom. The van der Waals surface area contributed by atoms with Gasteiger partial charge in [-0.05, 0) is 24.6 Å². The lowest BCUT2D eigenvalue weighted by Crippen LogP contribution is -2.13. The molecular formula is C10H13BrN2S. The largest absolute Gasteiger partial charge is 0.389 e. The number of hydrogen-bond acceptors (Lipinski definition) is 2. The zero-order chi connectivity index (χ0) is 10.6. The van der Waals surface area contributed by atoms with Crippen molar-refractivity contribution in [1.29, 1.82) is 0 Å². The Hall–Kier alpha value is -0.610. The Balaban J connectivity index is 2.97. The summed E-state index contributed by atoms with van der Waals surface area (Å²) in [6.07, 6.45) is 1.07. The standard InChI is InChI=1S/C10H13BrN2S/c1-2-5-13-9-6-7(11)3-4-8(9)10(12)14/h3-4,6,13H,2,5H2,1H3,(H2,12,14). The number of hydrogen-bond donors (Lipinski definition) is 2. The third-order valence-electron chi connectivity index (χ3n) is 1.81. The van der Waals surface area contributed by atoms with Crippen LogP contribution in [0.25, 0.3) is 0 Å². The number of halogens is 1. The van der Waals surface area contributed by atoms with Crippen LogP contribution in [-0.4, -0.2) is 11.5 Å². The van der Waals surface area contributed by atoms with Crippen LogP contribution in [0, 0.1) is 0 Å². The summed E-state index contributed by atoms with van der Waals surface area (Å²) in [6.45, 7) is 3.04. The van der Waals surface area contributed by atoms with Crippen molar-refractivity contribution in [2.75, 3.05) is 11.9 Å². The van der Waals surface area contributed by atoms with Gasteiger partial charge < -0.3 is 11.1 Å². The Labute approximate surface area is 98.0 Å². The van der Waals surface area contributed by atoms with Gasteiger partial charge in [-0.3, -0.25) is 0 Å². The molecule has 0 amide bonds. The third kappa shape index (κ3) is 2.96. The van der Waals surface area contributed by atoms with E-state index in [1.807, 2.05) is 18.2 Å². The molecular weight excluding hydrogens is 260 g/mol. The lowest BCUT2D eigenvalue weighted by atomic mass is 10.2. The molecule has 0 unspecified atom stereocenters. The van der Waals surface area contributed by atoms with Gasteiger partial charge in [0.1, 0.15) is 4.99 Å². The van der Waals surface area contributed by atoms with E-state index >= 15 is 0 Å². The van der Waals surface area contributed by atoms with E-state index in [9.17, 15) is 0 Å². The van der Waals surface area contributed by atoms with E-state index in [2.05, 4.69) is 28.2 Å². The molecule has 0 aliphatic heterocycles. The van der Waals surface area contributed by atoms with Crippen molar-refractivity contribution < 1.29 is 0 Å². The van der Waals surface area contributed by atoms with E-state index in [1.54, 1.807) is 0 Å². The Morgan fingerprint density at radius 3 is 2.86 bits per heavy atom. The maximum Gasteiger partial charge on any atom is 0.106 e. The van der Waals surface area contributed by atoms with E-state index in [1.165, 1.54) is 0 Å². The summed E-state index contributed by atoms with van der Waals surface area (Å²) in [7, 11) is 0. The van der Waals surface area contributed by atoms with Gasteiger partial charge in [0.15, 0.2) is 0 Å². The monoisotopic (exact) mass is 272 g/mol. The van der Waals surface area contributed by atoms with Crippen LogP contribution in [0.2, 0.25) is 0 Å². The molecule has 0 aromatic heterocycles. The lowest BCUT2D eigenvalue weighted by molar-refractivity contribution is 0.979. The number of anilines is 1. The van der Waals surface area contributed by atoms with Gasteiger partial charge in [0.05, 0.1) is 0 Å². The van der Waals surface area contributed by atoms with Gasteiger partial charge in [0.2, 0.25) is 0 Å². The summed E-state index contributed by atoms with van der Waals surface area (Å²) in [4.78, 5) is 0.427. The van der Waals surface area contributed by atoms with Gasteiger partial charge >= 0.3 is 0 Å². The fraction of sp³-hybridized carbons (Fsp3) is 0.300. The summed E-state index contributed by atoms with van der Waals surface area (Å²) >= 11 is 8.38. The summed E-state index contributed by atoms with van der Waals surface area (Å²) in [6, 6.07) is 5.85. The molecule has 1 rings (SSSR count). The molecule has 0 heterocycles. The first-order valence-corrected chi connectivity index (χ1v) is 5.68. The molecule has 0 aliphatic carbocycles. The minimum absolute atomic E-state index is 0.427. The van der Waals surface area contributed by atoms with E-state index in [0.29, 0.717) is 4.99 Å². The first kappa shape index (κ1) is 11.5. The second-order valence-electron chi connectivity index (χ2n) is 2.98. The van der Waals surface area contributed by atoms with Crippen LogP contribution in [0.1, 0.15) is 18.9 Å². The summed E-state index contributed by atoms with van der Waals surface area (Å²) in [5.74, 6) is 0. The Bertz CT molecular complexity index is 339. The lowest BCUT2D eigenvalue weighted by Gasteiger charge is -2.10. The predicted octanol–water partition coefficient (Wildman–Crippen LogP) is 2.91. The first-order chi connectivity index (χ1) is 6.65. The highest BCUT2D eigenvalue weighted by Gasteiger charge is 2.04. The molecule has 0 bridgehead atoms. The van der Waals surface area contributed by atoms with Gasteiger partial charge in [-0.25, -0.2) is 0 Å². The van der Waals surface area contributed by atoms with Crippen LogP contribution in [-0.2, 0) is 0 Å². The fourth-order valence-corrected chi connectivity index (χ4v) is 1.68. The molecule has 14 heavy (non-hydrogen) atoms. The molecule has 0 aliphatic rings. The average Bonchev–Trinajstić information content (AvgIpc) is 2.14. The minimum Gasteiger partial charge on any atom is -0.389 e. The molecule has 1 aromatic rings. The number of nitrogens with two attached hydrogens (primary N) is 1. The minimum atomic E-state index is 0.427. The fourth-order valence-electron chi connectivity index (χ4n) is 1.14. The van der Waals surface area contributed by atoms with Crippen LogP contribution in [0.3, 0.4) is 0 Å². The highest BCUT2D eigenvalue weighted by atomic mass is 79.9. The second-order valence-corrected chi connectivity index (χ2v) is 4.34. The predicted molar refractivity (Wildman–Crippen MR) is 68.8 cm³/mol. The molecule has 4 heteroatoms. The Kier molecular flexibility index (Phi) is 4.35. The van der Waals surface area contributed by atoms with Crippen molar-refractivity contribution >= 4 is 38.8 Å². The molecule has 0 fully saturated rings. The van der Waals surface area contributed by atoms with Crippen molar-refractivity contribution in [2.45, 2.75) is 13.3 Å². The second kappa shape index (κ2) is 5.32. The third-order valence-corrected chi connectivity index (χ3v) is 2.53. The van der Waals surface area contributed by atoms with Gasteiger partial charge in [0.25, 0.3) is 0 Å². The van der Waals surface area contributed by atoms with Gasteiger partial charge in [-0.1, -0.05) is 35.1 Å². The number of thiocarbonyl (C=S) groups is 1. The molecule has 76 valence electrons. The van der Waals surface area contributed by atoms with Crippen molar-refractivity contribution in [3.8, 4) is 0 Å². The van der Waals surface area contributed by atoms with E-state index in [4.69, 9.17) is 18.0 Å². The topological polar surface area (TPSA) is 38.0 Å². The van der Waals surface area contributed by atoms with Gasteiger partial charge in [0, 0.05) is 22.3 Å². The van der Waals surface area contributed by atoms with Crippen LogP contribution in [0.15, 0.2) is 22.7 Å². The average molecular weight is 273 g/mol. The van der Waals surface area contributed by atoms with Crippen LogP contribution in [0.4, 0.5) is 5.69 Å². The molecule has 0 radical (unpaired) electrons. The molecule has 0 saturated heterocycles.